The van der Waals surface area contributed by atoms with Crippen molar-refractivity contribution in [2.75, 3.05) is 7.11 Å². The van der Waals surface area contributed by atoms with Gasteiger partial charge in [-0.1, -0.05) is 98.3 Å². The maximum atomic E-state index is 11.3. The SMILES string of the molecule is C1CCCC1.COc1ccc(C2C(c3ccc([N+](=O)[O-])cc3)C(c3ccc(C)cc3)C2c2ccc([N+](=O)[O-])cc2)cc1.I.[CH3-].[CH3-].[Co+2]. The second kappa shape index (κ2) is 18.8. The van der Waals surface area contributed by atoms with E-state index in [2.05, 4.69) is 36.4 Å². The number of halogens is 1. The van der Waals surface area contributed by atoms with Gasteiger partial charge in [0.1, 0.15) is 5.75 Å². The van der Waals surface area contributed by atoms with Gasteiger partial charge < -0.3 is 19.6 Å². The molecule has 7 nitrogen and oxygen atoms in total. The topological polar surface area (TPSA) is 95.5 Å². The number of rotatable bonds is 7. The molecule has 6 rings (SSSR count). The molecule has 0 amide bonds. The Hall–Kier alpha value is -3.28. The summed E-state index contributed by atoms with van der Waals surface area (Å²) in [6, 6.07) is 30.1. The number of benzene rings is 4. The Morgan fingerprint density at radius 3 is 1.07 bits per heavy atom. The summed E-state index contributed by atoms with van der Waals surface area (Å²) < 4.78 is 5.37. The number of ether oxygens (including phenoxy) is 1. The largest absolute Gasteiger partial charge is 2.00 e. The molecule has 2 unspecified atom stereocenters. The Balaban J connectivity index is 0.00000108. The van der Waals surface area contributed by atoms with Crippen molar-refractivity contribution >= 4 is 35.4 Å². The molecule has 2 atom stereocenters. The molecule has 1 radical (unpaired) electrons. The van der Waals surface area contributed by atoms with Crippen LogP contribution >= 0.6 is 24.0 Å². The Labute approximate surface area is 300 Å². The Morgan fingerprint density at radius 2 is 0.804 bits per heavy atom. The fourth-order valence-corrected chi connectivity index (χ4v) is 6.54. The molecule has 46 heavy (non-hydrogen) atoms. The summed E-state index contributed by atoms with van der Waals surface area (Å²) in [5.41, 5.74) is 5.61. The fourth-order valence-electron chi connectivity index (χ4n) is 6.54. The molecule has 0 N–H and O–H groups in total. The molecule has 0 spiro atoms. The number of hydrogen-bond donors (Lipinski definition) is 0. The first-order chi connectivity index (χ1) is 20.4. The standard InChI is InChI=1S/C30H26N2O5.C5H10.2CH3.Co.HI/c1-19-3-5-20(6-4-19)27-28(21-7-13-24(14-8-21)31(33)34)30(23-11-17-26(37-2)18-12-23)29(27)22-9-15-25(16-10-22)32(35)36;1-2-4-5-3-1;;;;/h3-18,27-30H,1-2H3;1-5H2;2*1H3;;1H/q;;2*-1;+2;. The average Bonchev–Trinajstić information content (AvgIpc) is 3.59. The maximum Gasteiger partial charge on any atom is 2.00 e. The van der Waals surface area contributed by atoms with Crippen LogP contribution in [0.3, 0.4) is 0 Å². The predicted octanol–water partition coefficient (Wildman–Crippen LogP) is 10.7. The number of aryl methyl sites for hydroxylation is 1. The van der Waals surface area contributed by atoms with Crippen LogP contribution in [0.4, 0.5) is 11.4 Å². The Kier molecular flexibility index (Phi) is 16.6. The van der Waals surface area contributed by atoms with Gasteiger partial charge in [0.05, 0.1) is 17.0 Å². The van der Waals surface area contributed by atoms with E-state index in [0.717, 1.165) is 28.0 Å². The summed E-state index contributed by atoms with van der Waals surface area (Å²) in [5.74, 6) is 1.00. The van der Waals surface area contributed by atoms with Crippen molar-refractivity contribution in [2.45, 2.75) is 62.7 Å². The van der Waals surface area contributed by atoms with Gasteiger partial charge in [0.25, 0.3) is 11.4 Å². The molecule has 2 aliphatic rings. The number of nitrogens with zero attached hydrogens (tertiary/aromatic N) is 2. The molecule has 2 aliphatic carbocycles. The van der Waals surface area contributed by atoms with Gasteiger partial charge in [-0.3, -0.25) is 20.2 Å². The molecule has 0 aliphatic heterocycles. The van der Waals surface area contributed by atoms with Crippen LogP contribution < -0.4 is 4.74 Å². The monoisotopic (exact) mass is 781 g/mol. The van der Waals surface area contributed by atoms with Crippen molar-refractivity contribution in [1.29, 1.82) is 0 Å². The van der Waals surface area contributed by atoms with E-state index in [-0.39, 0.29) is 101 Å². The summed E-state index contributed by atoms with van der Waals surface area (Å²) in [6.07, 6.45) is 7.50. The third-order valence-corrected chi connectivity index (χ3v) is 8.74. The summed E-state index contributed by atoms with van der Waals surface area (Å²) in [4.78, 5) is 21.8. The van der Waals surface area contributed by atoms with Gasteiger partial charge >= 0.3 is 16.8 Å². The van der Waals surface area contributed by atoms with Crippen LogP contribution in [-0.2, 0) is 16.8 Å². The van der Waals surface area contributed by atoms with Crippen molar-refractivity contribution in [3.63, 3.8) is 0 Å². The van der Waals surface area contributed by atoms with Crippen molar-refractivity contribution in [1.82, 2.24) is 0 Å². The first kappa shape index (κ1) is 40.7. The number of methoxy groups -OCH3 is 1. The molecule has 2 saturated carbocycles. The smallest absolute Gasteiger partial charge is 0.497 e. The van der Waals surface area contributed by atoms with Gasteiger partial charge in [0.15, 0.2) is 0 Å². The van der Waals surface area contributed by atoms with E-state index < -0.39 is 0 Å². The van der Waals surface area contributed by atoms with Crippen LogP contribution in [0.5, 0.6) is 5.75 Å². The summed E-state index contributed by atoms with van der Waals surface area (Å²) in [5, 5.41) is 22.6. The van der Waals surface area contributed by atoms with Gasteiger partial charge in [0, 0.05) is 24.3 Å². The predicted molar refractivity (Wildman–Crippen MR) is 193 cm³/mol. The van der Waals surface area contributed by atoms with E-state index in [1.807, 2.05) is 43.3 Å². The molecule has 4 aromatic carbocycles. The zero-order valence-electron chi connectivity index (χ0n) is 26.8. The van der Waals surface area contributed by atoms with Crippen LogP contribution in [0.15, 0.2) is 97.1 Å². The van der Waals surface area contributed by atoms with Gasteiger partial charge in [-0.15, -0.1) is 24.0 Å². The molecule has 0 heterocycles. The van der Waals surface area contributed by atoms with E-state index in [1.165, 1.54) is 37.7 Å². The molecule has 9 heteroatoms. The average molecular weight is 782 g/mol. The first-order valence-corrected chi connectivity index (χ1v) is 14.6. The molecule has 4 aromatic rings. The van der Waals surface area contributed by atoms with Gasteiger partial charge in [-0.05, 0) is 65.0 Å². The van der Waals surface area contributed by atoms with Crippen LogP contribution in [0, 0.1) is 42.0 Å². The Morgan fingerprint density at radius 1 is 0.543 bits per heavy atom. The summed E-state index contributed by atoms with van der Waals surface area (Å²) in [6.45, 7) is 2.05. The van der Waals surface area contributed by atoms with Gasteiger partial charge in [-0.25, -0.2) is 0 Å². The minimum absolute atomic E-state index is 0. The zero-order valence-corrected chi connectivity index (χ0v) is 30.1. The number of non-ortho nitro benzene ring substituents is 2. The molecule has 0 saturated heterocycles. The fraction of sp³-hybridized carbons (Fsp3) is 0.297. The zero-order chi connectivity index (χ0) is 29.6. The van der Waals surface area contributed by atoms with Crippen LogP contribution in [0.1, 0.15) is 83.6 Å². The van der Waals surface area contributed by atoms with Crippen molar-refractivity contribution < 1.29 is 31.4 Å². The van der Waals surface area contributed by atoms with E-state index in [0.29, 0.717) is 0 Å². The molecule has 2 fully saturated rings. The van der Waals surface area contributed by atoms with Gasteiger partial charge in [0.2, 0.25) is 0 Å². The number of hydrogen-bond acceptors (Lipinski definition) is 5. The van der Waals surface area contributed by atoms with E-state index in [4.69, 9.17) is 4.74 Å². The minimum atomic E-state index is -0.386. The summed E-state index contributed by atoms with van der Waals surface area (Å²) in [7, 11) is 1.63. The minimum Gasteiger partial charge on any atom is -0.497 e. The normalized spacial score (nSPS) is 19.2. The molecular weight excluding hydrogens is 738 g/mol. The molecule has 247 valence electrons. The summed E-state index contributed by atoms with van der Waals surface area (Å²) >= 11 is 0. The van der Waals surface area contributed by atoms with Crippen LogP contribution in [-0.4, -0.2) is 17.0 Å². The molecular formula is C37H43CoIN2O5. The molecule has 0 bridgehead atoms. The first-order valence-electron chi connectivity index (χ1n) is 14.6. The quantitative estimate of drug-likeness (QED) is 0.0805. The van der Waals surface area contributed by atoms with Crippen molar-refractivity contribution in [3.8, 4) is 5.75 Å². The van der Waals surface area contributed by atoms with Crippen molar-refractivity contribution in [3.05, 3.63) is 160 Å². The number of nitro groups is 2. The third kappa shape index (κ3) is 9.16. The van der Waals surface area contributed by atoms with Crippen LogP contribution in [0.2, 0.25) is 0 Å². The van der Waals surface area contributed by atoms with Crippen LogP contribution in [0.25, 0.3) is 0 Å². The number of nitro benzene ring substituents is 2. The van der Waals surface area contributed by atoms with E-state index in [1.54, 1.807) is 31.4 Å². The third-order valence-electron chi connectivity index (χ3n) is 8.74. The second-order valence-corrected chi connectivity index (χ2v) is 11.3. The van der Waals surface area contributed by atoms with Crippen molar-refractivity contribution in [2.24, 2.45) is 0 Å². The second-order valence-electron chi connectivity index (χ2n) is 11.3. The Bertz CT molecular complexity index is 1440. The molecule has 0 aromatic heterocycles. The van der Waals surface area contributed by atoms with E-state index >= 15 is 0 Å². The van der Waals surface area contributed by atoms with Gasteiger partial charge in [-0.2, -0.15) is 0 Å². The maximum absolute atomic E-state index is 11.3. The van der Waals surface area contributed by atoms with E-state index in [9.17, 15) is 20.2 Å².